The summed E-state index contributed by atoms with van der Waals surface area (Å²) in [5.74, 6) is 0.626. The van der Waals surface area contributed by atoms with Crippen LogP contribution in [0.1, 0.15) is 23.2 Å². The predicted molar refractivity (Wildman–Crippen MR) is 102 cm³/mol. The van der Waals surface area contributed by atoms with Gasteiger partial charge in [-0.05, 0) is 73.2 Å². The van der Waals surface area contributed by atoms with Gasteiger partial charge in [0.15, 0.2) is 0 Å². The van der Waals surface area contributed by atoms with Gasteiger partial charge in [-0.2, -0.15) is 0 Å². The van der Waals surface area contributed by atoms with Crippen molar-refractivity contribution in [2.45, 2.75) is 12.8 Å². The summed E-state index contributed by atoms with van der Waals surface area (Å²) in [7, 11) is 0. The maximum Gasteiger partial charge on any atom is 0.256 e. The number of hydrogen-bond donors (Lipinski definition) is 1. The minimum atomic E-state index is -0.464. The fraction of sp³-hybridized carbons (Fsp3) is 0.381. The maximum absolute atomic E-state index is 14.7. The van der Waals surface area contributed by atoms with Crippen molar-refractivity contribution < 1.29 is 9.18 Å². The molecule has 0 aliphatic carbocycles. The molecule has 0 unspecified atom stereocenters. The van der Waals surface area contributed by atoms with Crippen molar-refractivity contribution in [3.8, 4) is 11.1 Å². The Morgan fingerprint density at radius 2 is 1.62 bits per heavy atom. The molecule has 0 bridgehead atoms. The molecule has 0 saturated carbocycles. The van der Waals surface area contributed by atoms with E-state index in [4.69, 9.17) is 11.6 Å². The van der Waals surface area contributed by atoms with Crippen molar-refractivity contribution in [1.29, 1.82) is 0 Å². The average Bonchev–Trinajstić information content (AvgIpc) is 3.00. The maximum atomic E-state index is 14.7. The molecule has 136 valence electrons. The summed E-state index contributed by atoms with van der Waals surface area (Å²) in [5.41, 5.74) is 1.78. The van der Waals surface area contributed by atoms with E-state index >= 15 is 0 Å². The number of nitrogens with zero attached hydrogens (tertiary/aromatic N) is 1. The summed E-state index contributed by atoms with van der Waals surface area (Å²) in [4.78, 5) is 14.7. The van der Waals surface area contributed by atoms with Gasteiger partial charge in [-0.25, -0.2) is 4.39 Å². The van der Waals surface area contributed by atoms with Crippen molar-refractivity contribution in [1.82, 2.24) is 10.2 Å². The summed E-state index contributed by atoms with van der Waals surface area (Å²) in [6, 6.07) is 12.1. The number of fused-ring (bicyclic) bond motifs is 1. The first-order valence-corrected chi connectivity index (χ1v) is 9.55. The molecule has 2 aliphatic heterocycles. The second-order valence-electron chi connectivity index (χ2n) is 7.25. The van der Waals surface area contributed by atoms with Crippen LogP contribution in [0.25, 0.3) is 11.1 Å². The van der Waals surface area contributed by atoms with E-state index in [1.807, 2.05) is 17.0 Å². The Labute approximate surface area is 158 Å². The molecule has 5 heteroatoms. The van der Waals surface area contributed by atoms with Crippen LogP contribution in [0.3, 0.4) is 0 Å². The third-order valence-electron chi connectivity index (χ3n) is 5.68. The molecular formula is C21H22ClFN2O. The monoisotopic (exact) mass is 372 g/mol. The van der Waals surface area contributed by atoms with Crippen molar-refractivity contribution in [3.63, 3.8) is 0 Å². The van der Waals surface area contributed by atoms with Gasteiger partial charge in [-0.15, -0.1) is 0 Å². The molecule has 1 N–H and O–H groups in total. The van der Waals surface area contributed by atoms with E-state index in [1.54, 1.807) is 24.3 Å². The zero-order valence-electron chi connectivity index (χ0n) is 14.6. The third-order valence-corrected chi connectivity index (χ3v) is 5.94. The lowest BCUT2D eigenvalue weighted by atomic mass is 9.92. The highest BCUT2D eigenvalue weighted by Gasteiger charge is 2.32. The lowest BCUT2D eigenvalue weighted by Gasteiger charge is -2.21. The molecular weight excluding hydrogens is 351 g/mol. The highest BCUT2D eigenvalue weighted by Crippen LogP contribution is 2.29. The minimum Gasteiger partial charge on any atom is -0.339 e. The van der Waals surface area contributed by atoms with E-state index < -0.39 is 5.82 Å². The molecule has 2 fully saturated rings. The average molecular weight is 373 g/mol. The van der Waals surface area contributed by atoms with Gasteiger partial charge in [-0.3, -0.25) is 4.79 Å². The highest BCUT2D eigenvalue weighted by molar-refractivity contribution is 6.30. The van der Waals surface area contributed by atoms with E-state index in [9.17, 15) is 9.18 Å². The normalized spacial score (nSPS) is 22.8. The van der Waals surface area contributed by atoms with E-state index in [1.165, 1.54) is 6.07 Å². The van der Waals surface area contributed by atoms with Crippen LogP contribution in [-0.2, 0) is 0 Å². The fourth-order valence-corrected chi connectivity index (χ4v) is 4.23. The number of amides is 1. The van der Waals surface area contributed by atoms with Crippen molar-refractivity contribution in [2.24, 2.45) is 11.8 Å². The Morgan fingerprint density at radius 3 is 2.23 bits per heavy atom. The molecule has 1 amide bonds. The molecule has 2 atom stereocenters. The van der Waals surface area contributed by atoms with Crippen molar-refractivity contribution in [2.75, 3.05) is 26.2 Å². The Morgan fingerprint density at radius 1 is 1.00 bits per heavy atom. The Balaban J connectivity index is 1.52. The first-order valence-electron chi connectivity index (χ1n) is 9.17. The number of benzene rings is 2. The van der Waals surface area contributed by atoms with Crippen LogP contribution in [-0.4, -0.2) is 37.0 Å². The smallest absolute Gasteiger partial charge is 0.256 e. The molecule has 0 spiro atoms. The molecule has 0 aromatic heterocycles. The summed E-state index contributed by atoms with van der Waals surface area (Å²) in [6.07, 6.45) is 1.99. The van der Waals surface area contributed by atoms with Gasteiger partial charge in [-0.1, -0.05) is 29.8 Å². The van der Waals surface area contributed by atoms with Crippen LogP contribution >= 0.6 is 11.6 Å². The van der Waals surface area contributed by atoms with Gasteiger partial charge >= 0.3 is 0 Å². The van der Waals surface area contributed by atoms with Crippen LogP contribution in [0, 0.1) is 17.7 Å². The fourth-order valence-electron chi connectivity index (χ4n) is 4.10. The third kappa shape index (κ3) is 3.49. The van der Waals surface area contributed by atoms with Crippen LogP contribution in [0.4, 0.5) is 4.39 Å². The summed E-state index contributed by atoms with van der Waals surface area (Å²) < 4.78 is 14.7. The number of rotatable bonds is 2. The predicted octanol–water partition coefficient (Wildman–Crippen LogP) is 4.22. The molecule has 2 aromatic carbocycles. The van der Waals surface area contributed by atoms with Gasteiger partial charge in [0.25, 0.3) is 5.91 Å². The summed E-state index contributed by atoms with van der Waals surface area (Å²) in [6.45, 7) is 3.49. The minimum absolute atomic E-state index is 0.160. The first kappa shape index (κ1) is 17.5. The summed E-state index contributed by atoms with van der Waals surface area (Å²) in [5, 5.41) is 4.07. The Bertz CT molecular complexity index is 794. The largest absolute Gasteiger partial charge is 0.339 e. The van der Waals surface area contributed by atoms with Gasteiger partial charge in [0, 0.05) is 18.1 Å². The SMILES string of the molecule is O=C(c1ccc(-c2ccc(Cl)cc2)cc1F)N1CC[C@@H]2CNC[C@@H]2CC1. The van der Waals surface area contributed by atoms with Gasteiger partial charge in [0.05, 0.1) is 5.56 Å². The molecule has 4 rings (SSSR count). The number of carbonyl (C=O) groups excluding carboxylic acids is 1. The number of likely N-dealkylation sites (tertiary alicyclic amines) is 1. The molecule has 2 heterocycles. The van der Waals surface area contributed by atoms with E-state index in [-0.39, 0.29) is 11.5 Å². The van der Waals surface area contributed by atoms with Crippen molar-refractivity contribution in [3.05, 3.63) is 58.9 Å². The molecule has 2 aliphatic rings. The first-order chi connectivity index (χ1) is 12.6. The lowest BCUT2D eigenvalue weighted by Crippen LogP contribution is -2.33. The topological polar surface area (TPSA) is 32.3 Å². The van der Waals surface area contributed by atoms with Gasteiger partial charge in [0.2, 0.25) is 0 Å². The lowest BCUT2D eigenvalue weighted by molar-refractivity contribution is 0.0754. The van der Waals surface area contributed by atoms with E-state index in [0.717, 1.165) is 37.1 Å². The Kier molecular flexibility index (Phi) is 4.96. The molecule has 2 aromatic rings. The standard InChI is InChI=1S/C21H22ClFN2O/c22-18-4-1-14(2-5-18)15-3-6-19(20(23)11-15)21(26)25-9-7-16-12-24-13-17(16)8-10-25/h1-6,11,16-17,24H,7-10,12-13H2/t16-,17+. The number of hydrogen-bond acceptors (Lipinski definition) is 2. The van der Waals surface area contributed by atoms with Gasteiger partial charge < -0.3 is 10.2 Å². The van der Waals surface area contributed by atoms with E-state index in [2.05, 4.69) is 5.32 Å². The number of carbonyl (C=O) groups is 1. The number of nitrogens with one attached hydrogen (secondary N) is 1. The second-order valence-corrected chi connectivity index (χ2v) is 7.69. The molecule has 26 heavy (non-hydrogen) atoms. The Hall–Kier alpha value is -1.91. The van der Waals surface area contributed by atoms with Crippen molar-refractivity contribution >= 4 is 17.5 Å². The molecule has 3 nitrogen and oxygen atoms in total. The highest BCUT2D eigenvalue weighted by atomic mass is 35.5. The van der Waals surface area contributed by atoms with Crippen LogP contribution in [0.5, 0.6) is 0 Å². The van der Waals surface area contributed by atoms with Crippen LogP contribution < -0.4 is 5.32 Å². The second kappa shape index (κ2) is 7.37. The van der Waals surface area contributed by atoms with Crippen LogP contribution in [0.15, 0.2) is 42.5 Å². The van der Waals surface area contributed by atoms with Gasteiger partial charge in [0.1, 0.15) is 5.82 Å². The number of halogens is 2. The quantitative estimate of drug-likeness (QED) is 0.856. The molecule has 0 radical (unpaired) electrons. The summed E-state index contributed by atoms with van der Waals surface area (Å²) >= 11 is 5.90. The van der Waals surface area contributed by atoms with E-state index in [0.29, 0.717) is 29.9 Å². The van der Waals surface area contributed by atoms with Crippen LogP contribution in [0.2, 0.25) is 5.02 Å². The molecule has 2 saturated heterocycles. The zero-order chi connectivity index (χ0) is 18.1. The zero-order valence-corrected chi connectivity index (χ0v) is 15.3.